The van der Waals surface area contributed by atoms with Crippen LogP contribution in [-0.2, 0) is 20.9 Å². The molecule has 2 N–H and O–H groups in total. The molecule has 2 aliphatic carbocycles. The minimum absolute atomic E-state index is 0.0164. The summed E-state index contributed by atoms with van der Waals surface area (Å²) in [5.74, 6) is -0.231. The number of nitrogens with zero attached hydrogens (tertiary/aromatic N) is 3. The standard InChI is InChI=1S/C53H65N3O10/c1-6-26-55(51(59)62-35-52(3,4)5)48-33-46(54-64-34-36-18-21-40(22-19-36)56(60)61)44-31-39(16-10-12-27-57)43(17-11-13-28-58)49-45-32-42(65-41-23-20-37-14-8-9-15-38(37)30-41)24-25-47(45)66-53(48,50(44)49)63-29-7-2/h7-9,14-15,18-25,30-32,39,43,48-50,57-58H,2,6,10-13,16-17,26-29,33-35H2,1,3-5H3. The lowest BCUT2D eigenvalue weighted by Gasteiger charge is -2.60. The molecule has 0 spiro atoms. The molecule has 1 fully saturated rings. The normalized spacial score (nSPS) is 22.7. The Labute approximate surface area is 388 Å². The maximum atomic E-state index is 14.6. The van der Waals surface area contributed by atoms with Crippen LogP contribution in [0.1, 0.15) is 96.1 Å². The monoisotopic (exact) mass is 903 g/mol. The number of hydrogen-bond acceptors (Lipinski definition) is 11. The average molecular weight is 904 g/mol. The first kappa shape index (κ1) is 48.2. The minimum Gasteiger partial charge on any atom is -0.459 e. The van der Waals surface area contributed by atoms with Gasteiger partial charge >= 0.3 is 6.09 Å². The Hall–Kier alpha value is -5.76. The molecule has 13 heteroatoms. The molecule has 1 amide bonds. The highest BCUT2D eigenvalue weighted by Gasteiger charge is 2.65. The number of benzene rings is 4. The molecule has 1 aliphatic heterocycles. The maximum Gasteiger partial charge on any atom is 0.410 e. The topological polar surface area (TPSA) is 162 Å². The zero-order chi connectivity index (χ0) is 46.8. The van der Waals surface area contributed by atoms with Crippen LogP contribution < -0.4 is 9.47 Å². The molecule has 6 unspecified atom stereocenters. The summed E-state index contributed by atoms with van der Waals surface area (Å²) in [5.41, 5.74) is 2.85. The van der Waals surface area contributed by atoms with E-state index in [2.05, 4.69) is 30.9 Å². The van der Waals surface area contributed by atoms with Crippen molar-refractivity contribution in [2.24, 2.45) is 28.3 Å². The molecule has 13 nitrogen and oxygen atoms in total. The predicted octanol–water partition coefficient (Wildman–Crippen LogP) is 11.3. The quantitative estimate of drug-likeness (QED) is 0.0356. The zero-order valence-corrected chi connectivity index (χ0v) is 38.7. The SMILES string of the molecule is C=CCOC12Oc3ccc(Oc4ccc5ccccc5c4)cc3C3C(CCCCO)C(CCCCO)C=C(C(=NOCc4ccc([N+](=O)[O-])cc4)CC1N(CCC)C(=O)OCC(C)(C)C)C32. The number of aliphatic hydroxyl groups is 2. The Morgan fingerprint density at radius 3 is 2.38 bits per heavy atom. The van der Waals surface area contributed by atoms with E-state index in [1.807, 2.05) is 70.2 Å². The van der Waals surface area contributed by atoms with E-state index in [1.54, 1.807) is 23.1 Å². The molecule has 0 bridgehead atoms. The fourth-order valence-corrected chi connectivity index (χ4v) is 9.95. The third kappa shape index (κ3) is 10.9. The number of aliphatic hydroxyl groups excluding tert-OH is 2. The number of nitro groups is 1. The first-order chi connectivity index (χ1) is 31.9. The van der Waals surface area contributed by atoms with Gasteiger partial charge in [-0.1, -0.05) is 88.2 Å². The van der Waals surface area contributed by atoms with Gasteiger partial charge in [0.15, 0.2) is 0 Å². The predicted molar refractivity (Wildman–Crippen MR) is 255 cm³/mol. The average Bonchev–Trinajstić information content (AvgIpc) is 3.30. The Bertz CT molecular complexity index is 2370. The summed E-state index contributed by atoms with van der Waals surface area (Å²) in [4.78, 5) is 33.4. The van der Waals surface area contributed by atoms with Crippen molar-refractivity contribution in [2.45, 2.75) is 103 Å². The molecule has 7 rings (SSSR count). The third-order valence-corrected chi connectivity index (χ3v) is 12.9. The van der Waals surface area contributed by atoms with E-state index < -0.39 is 28.8 Å². The van der Waals surface area contributed by atoms with Crippen molar-refractivity contribution < 1.29 is 43.7 Å². The van der Waals surface area contributed by atoms with Crippen LogP contribution >= 0.6 is 0 Å². The van der Waals surface area contributed by atoms with Gasteiger partial charge < -0.3 is 34.0 Å². The number of unbranched alkanes of at least 4 members (excludes halogenated alkanes) is 2. The molecule has 1 saturated carbocycles. The molecule has 352 valence electrons. The van der Waals surface area contributed by atoms with Gasteiger partial charge in [-0.2, -0.15) is 0 Å². The van der Waals surface area contributed by atoms with Gasteiger partial charge in [0.2, 0.25) is 5.79 Å². The number of rotatable bonds is 21. The van der Waals surface area contributed by atoms with Gasteiger partial charge in [0, 0.05) is 49.8 Å². The summed E-state index contributed by atoms with van der Waals surface area (Å²) >= 11 is 0. The van der Waals surface area contributed by atoms with E-state index in [0.717, 1.165) is 47.6 Å². The molecular weight excluding hydrogens is 839 g/mol. The first-order valence-electron chi connectivity index (χ1n) is 23.4. The number of carbonyl (C=O) groups is 1. The number of non-ortho nitro benzene ring substituents is 1. The molecule has 4 aromatic rings. The smallest absolute Gasteiger partial charge is 0.410 e. The summed E-state index contributed by atoms with van der Waals surface area (Å²) in [5, 5.41) is 38.4. The zero-order valence-electron chi connectivity index (χ0n) is 38.7. The maximum absolute atomic E-state index is 14.6. The highest BCUT2D eigenvalue weighted by Crippen LogP contribution is 2.62. The Morgan fingerprint density at radius 1 is 0.970 bits per heavy atom. The van der Waals surface area contributed by atoms with Crippen LogP contribution in [0.5, 0.6) is 17.2 Å². The summed E-state index contributed by atoms with van der Waals surface area (Å²) in [6, 6.07) is 25.6. The number of hydrogen-bond donors (Lipinski definition) is 2. The van der Waals surface area contributed by atoms with Crippen LogP contribution in [0.25, 0.3) is 10.8 Å². The van der Waals surface area contributed by atoms with Gasteiger partial charge in [0.1, 0.15) is 29.9 Å². The highest BCUT2D eigenvalue weighted by atomic mass is 16.7. The van der Waals surface area contributed by atoms with E-state index >= 15 is 0 Å². The second-order valence-corrected chi connectivity index (χ2v) is 18.9. The minimum atomic E-state index is -1.45. The van der Waals surface area contributed by atoms with Gasteiger partial charge in [-0.25, -0.2) is 4.79 Å². The largest absolute Gasteiger partial charge is 0.459 e. The van der Waals surface area contributed by atoms with Crippen LogP contribution in [0.15, 0.2) is 114 Å². The van der Waals surface area contributed by atoms with Crippen LogP contribution in [0.4, 0.5) is 10.5 Å². The van der Waals surface area contributed by atoms with Crippen molar-refractivity contribution in [3.05, 3.63) is 130 Å². The van der Waals surface area contributed by atoms with Crippen molar-refractivity contribution in [1.29, 1.82) is 0 Å². The number of ether oxygens (including phenoxy) is 4. The fraction of sp³-hybridized carbons (Fsp3) is 0.472. The molecule has 1 heterocycles. The van der Waals surface area contributed by atoms with E-state index in [-0.39, 0.29) is 68.3 Å². The lowest BCUT2D eigenvalue weighted by Crippen LogP contribution is -2.70. The van der Waals surface area contributed by atoms with Gasteiger partial charge in [-0.05, 0) is 114 Å². The summed E-state index contributed by atoms with van der Waals surface area (Å²) in [6.45, 7) is 13.0. The van der Waals surface area contributed by atoms with Gasteiger partial charge in [0.05, 0.1) is 29.8 Å². The fourth-order valence-electron chi connectivity index (χ4n) is 9.95. The second-order valence-electron chi connectivity index (χ2n) is 18.9. The van der Waals surface area contributed by atoms with E-state index in [0.29, 0.717) is 54.3 Å². The van der Waals surface area contributed by atoms with Crippen LogP contribution in [0, 0.1) is 33.3 Å². The van der Waals surface area contributed by atoms with E-state index in [9.17, 15) is 25.1 Å². The number of allylic oxidation sites excluding steroid dienone is 1. The van der Waals surface area contributed by atoms with Crippen LogP contribution in [-0.4, -0.2) is 76.6 Å². The lowest BCUT2D eigenvalue weighted by atomic mass is 9.55. The van der Waals surface area contributed by atoms with Crippen LogP contribution in [0.2, 0.25) is 0 Å². The van der Waals surface area contributed by atoms with E-state index in [4.69, 9.17) is 28.9 Å². The number of fused-ring (bicyclic) bond motifs is 3. The Kier molecular flexibility index (Phi) is 15.8. The third-order valence-electron chi connectivity index (χ3n) is 12.9. The molecule has 0 radical (unpaired) electrons. The van der Waals surface area contributed by atoms with Crippen molar-refractivity contribution in [3.8, 4) is 17.2 Å². The van der Waals surface area contributed by atoms with Gasteiger partial charge in [-0.3, -0.25) is 15.0 Å². The van der Waals surface area contributed by atoms with Crippen molar-refractivity contribution >= 4 is 28.3 Å². The van der Waals surface area contributed by atoms with Crippen molar-refractivity contribution in [1.82, 2.24) is 4.90 Å². The number of carbonyl (C=O) groups excluding carboxylic acids is 1. The first-order valence-corrected chi connectivity index (χ1v) is 23.4. The highest BCUT2D eigenvalue weighted by molar-refractivity contribution is 6.03. The molecule has 4 aromatic carbocycles. The molecule has 0 saturated heterocycles. The molecule has 6 atom stereocenters. The van der Waals surface area contributed by atoms with Crippen LogP contribution in [0.3, 0.4) is 0 Å². The molecule has 3 aliphatic rings. The number of nitro benzene ring substituents is 1. The summed E-state index contributed by atoms with van der Waals surface area (Å²) in [6.07, 6.45) is 8.76. The Morgan fingerprint density at radius 2 is 1.68 bits per heavy atom. The molecule has 66 heavy (non-hydrogen) atoms. The van der Waals surface area contributed by atoms with Crippen molar-refractivity contribution in [3.63, 3.8) is 0 Å². The molecular formula is C53H65N3O10. The molecule has 0 aromatic heterocycles. The van der Waals surface area contributed by atoms with Gasteiger partial charge in [0.25, 0.3) is 5.69 Å². The second kappa shape index (κ2) is 21.7. The number of amides is 1. The Balaban J connectivity index is 1.41. The van der Waals surface area contributed by atoms with Crippen molar-refractivity contribution in [2.75, 3.05) is 33.0 Å². The van der Waals surface area contributed by atoms with E-state index in [1.165, 1.54) is 12.1 Å². The van der Waals surface area contributed by atoms with Gasteiger partial charge in [-0.15, -0.1) is 6.58 Å². The summed E-state index contributed by atoms with van der Waals surface area (Å²) < 4.78 is 27.2. The summed E-state index contributed by atoms with van der Waals surface area (Å²) in [7, 11) is 0. The number of oxime groups is 1. The lowest BCUT2D eigenvalue weighted by molar-refractivity contribution is -0.384.